The van der Waals surface area contributed by atoms with E-state index in [0.717, 1.165) is 37.7 Å². The summed E-state index contributed by atoms with van der Waals surface area (Å²) in [5.41, 5.74) is 2.21. The van der Waals surface area contributed by atoms with Crippen LogP contribution in [0.2, 0.25) is 0 Å². The Hall–Kier alpha value is -3.56. The molecule has 2 amide bonds. The Morgan fingerprint density at radius 1 is 0.927 bits per heavy atom. The molecule has 1 aliphatic carbocycles. The maximum atomic E-state index is 13.8. The molecule has 1 saturated carbocycles. The van der Waals surface area contributed by atoms with Crippen molar-refractivity contribution in [1.82, 2.24) is 14.9 Å². The number of nitrogens with zero attached hydrogens (tertiary/aromatic N) is 1. The van der Waals surface area contributed by atoms with Crippen molar-refractivity contribution in [3.8, 4) is 0 Å². The summed E-state index contributed by atoms with van der Waals surface area (Å²) in [6.45, 7) is 2.74. The number of carbonyl (C=O) groups excluding carboxylic acids is 2. The predicted molar refractivity (Wildman–Crippen MR) is 157 cm³/mol. The first-order valence-electron chi connectivity index (χ1n) is 14.2. The second-order valence-electron chi connectivity index (χ2n) is 10.5. The van der Waals surface area contributed by atoms with E-state index in [9.17, 15) is 22.4 Å². The number of sulfonamides is 1. The standard InChI is InChI=1S/C32H38FN3O4S/c1-2-3-7-22-34-32(38)31(26-8-5-4-6-9-26)36(23-25-10-15-27(33)16-11-25)30(37)21-14-24-12-19-29(20-13-24)41(39,40)35-28-17-18-28/h4-6,8-13,15-16,19-20,28,31,35H,2-3,7,14,17-18,21-23H2,1H3,(H,34,38). The quantitative estimate of drug-likeness (QED) is 0.240. The van der Waals surface area contributed by atoms with Crippen LogP contribution in [0.5, 0.6) is 0 Å². The van der Waals surface area contributed by atoms with Gasteiger partial charge in [0.1, 0.15) is 11.9 Å². The zero-order valence-electron chi connectivity index (χ0n) is 23.4. The third-order valence-corrected chi connectivity index (χ3v) is 8.64. The van der Waals surface area contributed by atoms with Gasteiger partial charge in [-0.25, -0.2) is 17.5 Å². The van der Waals surface area contributed by atoms with Crippen LogP contribution in [0.1, 0.15) is 68.2 Å². The molecule has 0 aromatic heterocycles. The third-order valence-electron chi connectivity index (χ3n) is 7.10. The van der Waals surface area contributed by atoms with Gasteiger partial charge in [0.15, 0.2) is 0 Å². The number of aryl methyl sites for hydroxylation is 1. The molecule has 0 aliphatic heterocycles. The Kier molecular flexibility index (Phi) is 10.7. The summed E-state index contributed by atoms with van der Waals surface area (Å²) >= 11 is 0. The molecule has 2 N–H and O–H groups in total. The van der Waals surface area contributed by atoms with Gasteiger partial charge in [-0.1, -0.05) is 74.4 Å². The summed E-state index contributed by atoms with van der Waals surface area (Å²) in [7, 11) is -3.56. The summed E-state index contributed by atoms with van der Waals surface area (Å²) in [6.07, 6.45) is 5.05. The zero-order valence-corrected chi connectivity index (χ0v) is 24.2. The number of nitrogens with one attached hydrogen (secondary N) is 2. The zero-order chi connectivity index (χ0) is 29.2. The molecule has 3 aromatic carbocycles. The van der Waals surface area contributed by atoms with Gasteiger partial charge in [-0.05, 0) is 66.6 Å². The molecule has 0 spiro atoms. The van der Waals surface area contributed by atoms with E-state index in [1.54, 1.807) is 41.3 Å². The first-order chi connectivity index (χ1) is 19.8. The molecule has 0 saturated heterocycles. The molecule has 7 nitrogen and oxygen atoms in total. The van der Waals surface area contributed by atoms with Crippen LogP contribution < -0.4 is 10.0 Å². The molecule has 218 valence electrons. The van der Waals surface area contributed by atoms with Crippen molar-refractivity contribution in [3.63, 3.8) is 0 Å². The summed E-state index contributed by atoms with van der Waals surface area (Å²) in [5, 5.41) is 3.00. The van der Waals surface area contributed by atoms with Crippen LogP contribution in [-0.2, 0) is 32.6 Å². The minimum absolute atomic E-state index is 0.0193. The summed E-state index contributed by atoms with van der Waals surface area (Å²) in [5.74, 6) is -0.878. The van der Waals surface area contributed by atoms with Gasteiger partial charge in [0, 0.05) is 25.6 Å². The average Bonchev–Trinajstić information content (AvgIpc) is 3.79. The van der Waals surface area contributed by atoms with E-state index in [4.69, 9.17) is 0 Å². The smallest absolute Gasteiger partial charge is 0.247 e. The number of unbranched alkanes of at least 4 members (excludes halogenated alkanes) is 2. The van der Waals surface area contributed by atoms with Crippen LogP contribution in [0.25, 0.3) is 0 Å². The lowest BCUT2D eigenvalue weighted by Gasteiger charge is -2.32. The van der Waals surface area contributed by atoms with Crippen molar-refractivity contribution >= 4 is 21.8 Å². The van der Waals surface area contributed by atoms with Gasteiger partial charge >= 0.3 is 0 Å². The van der Waals surface area contributed by atoms with Crippen LogP contribution in [0.4, 0.5) is 4.39 Å². The Balaban J connectivity index is 1.54. The monoisotopic (exact) mass is 579 g/mol. The summed E-state index contributed by atoms with van der Waals surface area (Å²) in [6, 6.07) is 20.8. The van der Waals surface area contributed by atoms with Crippen LogP contribution >= 0.6 is 0 Å². The largest absolute Gasteiger partial charge is 0.354 e. The molecule has 0 heterocycles. The van der Waals surface area contributed by atoms with Gasteiger partial charge in [0.05, 0.1) is 4.90 Å². The molecule has 4 rings (SSSR count). The number of benzene rings is 3. The Bertz CT molecular complexity index is 1390. The van der Waals surface area contributed by atoms with E-state index in [1.807, 2.05) is 30.3 Å². The second kappa shape index (κ2) is 14.4. The highest BCUT2D eigenvalue weighted by molar-refractivity contribution is 7.89. The van der Waals surface area contributed by atoms with Crippen molar-refractivity contribution in [2.45, 2.75) is 75.4 Å². The minimum Gasteiger partial charge on any atom is -0.354 e. The number of hydrogen-bond acceptors (Lipinski definition) is 4. The maximum absolute atomic E-state index is 13.8. The number of hydrogen-bond donors (Lipinski definition) is 2. The van der Waals surface area contributed by atoms with Gasteiger partial charge in [0.2, 0.25) is 21.8 Å². The fourth-order valence-corrected chi connectivity index (χ4v) is 5.93. The van der Waals surface area contributed by atoms with Crippen LogP contribution in [0.3, 0.4) is 0 Å². The molecule has 0 bridgehead atoms. The molecule has 41 heavy (non-hydrogen) atoms. The number of halogens is 1. The Labute approximate surface area is 242 Å². The second-order valence-corrected chi connectivity index (χ2v) is 12.2. The van der Waals surface area contributed by atoms with E-state index in [2.05, 4.69) is 17.0 Å². The summed E-state index contributed by atoms with van der Waals surface area (Å²) < 4.78 is 41.3. The SMILES string of the molecule is CCCCCNC(=O)C(c1ccccc1)N(Cc1ccc(F)cc1)C(=O)CCc1ccc(S(=O)(=O)NC2CC2)cc1. The topological polar surface area (TPSA) is 95.6 Å². The fraction of sp³-hybridized carbons (Fsp3) is 0.375. The van der Waals surface area contributed by atoms with Crippen molar-refractivity contribution in [2.75, 3.05) is 6.54 Å². The van der Waals surface area contributed by atoms with E-state index < -0.39 is 16.1 Å². The maximum Gasteiger partial charge on any atom is 0.247 e. The van der Waals surface area contributed by atoms with Gasteiger partial charge < -0.3 is 10.2 Å². The van der Waals surface area contributed by atoms with Gasteiger partial charge in [-0.15, -0.1) is 0 Å². The van der Waals surface area contributed by atoms with Gasteiger partial charge in [0.25, 0.3) is 0 Å². The van der Waals surface area contributed by atoms with Crippen LogP contribution in [0.15, 0.2) is 83.8 Å². The highest BCUT2D eigenvalue weighted by atomic mass is 32.2. The molecule has 1 atom stereocenters. The highest BCUT2D eigenvalue weighted by Gasteiger charge is 2.31. The number of amides is 2. The first kappa shape index (κ1) is 30.4. The fourth-order valence-electron chi connectivity index (χ4n) is 4.62. The molecule has 3 aromatic rings. The normalized spacial score (nSPS) is 13.9. The van der Waals surface area contributed by atoms with E-state index in [0.29, 0.717) is 24.1 Å². The molecule has 1 unspecified atom stereocenters. The Morgan fingerprint density at radius 2 is 1.59 bits per heavy atom. The van der Waals surface area contributed by atoms with Crippen molar-refractivity contribution in [2.24, 2.45) is 0 Å². The first-order valence-corrected chi connectivity index (χ1v) is 15.7. The lowest BCUT2D eigenvalue weighted by atomic mass is 10.0. The van der Waals surface area contributed by atoms with E-state index in [1.165, 1.54) is 12.1 Å². The lowest BCUT2D eigenvalue weighted by molar-refractivity contribution is -0.141. The van der Waals surface area contributed by atoms with Gasteiger partial charge in [-0.3, -0.25) is 9.59 Å². The molecule has 0 radical (unpaired) electrons. The van der Waals surface area contributed by atoms with Crippen molar-refractivity contribution in [1.29, 1.82) is 0 Å². The van der Waals surface area contributed by atoms with E-state index in [-0.39, 0.29) is 41.5 Å². The molecular formula is C32H38FN3O4S. The minimum atomic E-state index is -3.56. The molecule has 1 fully saturated rings. The summed E-state index contributed by atoms with van der Waals surface area (Å²) in [4.78, 5) is 29.1. The predicted octanol–water partition coefficient (Wildman–Crippen LogP) is 5.28. The molecule has 9 heteroatoms. The van der Waals surface area contributed by atoms with Crippen molar-refractivity contribution in [3.05, 3.63) is 101 Å². The van der Waals surface area contributed by atoms with Crippen LogP contribution in [-0.4, -0.2) is 37.7 Å². The molecular weight excluding hydrogens is 541 g/mol. The Morgan fingerprint density at radius 3 is 2.22 bits per heavy atom. The highest BCUT2D eigenvalue weighted by Crippen LogP contribution is 2.26. The van der Waals surface area contributed by atoms with Crippen LogP contribution in [0, 0.1) is 5.82 Å². The molecule has 1 aliphatic rings. The number of rotatable bonds is 15. The van der Waals surface area contributed by atoms with Gasteiger partial charge in [-0.2, -0.15) is 0 Å². The number of carbonyl (C=O) groups is 2. The lowest BCUT2D eigenvalue weighted by Crippen LogP contribution is -2.43. The average molecular weight is 580 g/mol. The van der Waals surface area contributed by atoms with E-state index >= 15 is 0 Å². The van der Waals surface area contributed by atoms with Crippen molar-refractivity contribution < 1.29 is 22.4 Å². The third kappa shape index (κ3) is 8.96.